The largest absolute Gasteiger partial charge is 0.342 e. The minimum absolute atomic E-state index is 0.435. The zero-order chi connectivity index (χ0) is 9.30. The second kappa shape index (κ2) is 3.33. The summed E-state index contributed by atoms with van der Waals surface area (Å²) < 4.78 is 0. The van der Waals surface area contributed by atoms with Crippen molar-refractivity contribution in [1.29, 1.82) is 0 Å². The molecule has 0 amide bonds. The lowest BCUT2D eigenvalue weighted by atomic mass is 10.1. The molecule has 0 saturated heterocycles. The van der Waals surface area contributed by atoms with Crippen molar-refractivity contribution in [3.05, 3.63) is 0 Å². The Morgan fingerprint density at radius 2 is 1.83 bits per heavy atom. The fraction of sp³-hybridized carbons (Fsp3) is 0.889. The van der Waals surface area contributed by atoms with E-state index >= 15 is 0 Å². The van der Waals surface area contributed by atoms with E-state index in [1.165, 1.54) is 0 Å². The van der Waals surface area contributed by atoms with Gasteiger partial charge in [0.25, 0.3) is 0 Å². The molecule has 3 heteroatoms. The summed E-state index contributed by atoms with van der Waals surface area (Å²) in [7, 11) is 2.08. The summed E-state index contributed by atoms with van der Waals surface area (Å²) in [5.41, 5.74) is 0. The fourth-order valence-corrected chi connectivity index (χ4v) is 1.68. The lowest BCUT2D eigenvalue weighted by Gasteiger charge is -2.33. The van der Waals surface area contributed by atoms with E-state index in [9.17, 15) is 0 Å². The van der Waals surface area contributed by atoms with E-state index in [1.807, 2.05) is 6.34 Å². The first-order valence-electron chi connectivity index (χ1n) is 4.58. The molecule has 0 aromatic rings. The predicted octanol–water partition coefficient (Wildman–Crippen LogP) is 1.57. The third-order valence-electron chi connectivity index (χ3n) is 2.18. The first kappa shape index (κ1) is 9.36. The summed E-state index contributed by atoms with van der Waals surface area (Å²) in [6.07, 6.45) is 2.34. The van der Waals surface area contributed by atoms with Crippen LogP contribution in [0.3, 0.4) is 0 Å². The highest BCUT2D eigenvalue weighted by atomic mass is 15.6. The van der Waals surface area contributed by atoms with Crippen molar-refractivity contribution >= 4 is 6.34 Å². The first-order chi connectivity index (χ1) is 5.54. The van der Waals surface area contributed by atoms with Gasteiger partial charge in [-0.3, -0.25) is 5.01 Å². The van der Waals surface area contributed by atoms with Gasteiger partial charge < -0.3 is 4.90 Å². The van der Waals surface area contributed by atoms with E-state index in [2.05, 4.69) is 49.8 Å². The van der Waals surface area contributed by atoms with Crippen LogP contribution in [0.5, 0.6) is 0 Å². The Bertz CT molecular complexity index is 175. The summed E-state index contributed by atoms with van der Waals surface area (Å²) in [5, 5.41) is 6.51. The normalized spacial score (nSPS) is 23.4. The van der Waals surface area contributed by atoms with Crippen LogP contribution in [-0.4, -0.2) is 35.5 Å². The van der Waals surface area contributed by atoms with Crippen LogP contribution in [0.15, 0.2) is 5.10 Å². The lowest BCUT2D eigenvalue weighted by molar-refractivity contribution is 0.0750. The second-order valence-electron chi connectivity index (χ2n) is 4.03. The van der Waals surface area contributed by atoms with Crippen LogP contribution >= 0.6 is 0 Å². The summed E-state index contributed by atoms with van der Waals surface area (Å²) in [6, 6.07) is 0.485. The molecule has 0 bridgehead atoms. The van der Waals surface area contributed by atoms with Gasteiger partial charge in [0, 0.05) is 13.1 Å². The smallest absolute Gasteiger partial charge is 0.121 e. The summed E-state index contributed by atoms with van der Waals surface area (Å²) >= 11 is 0. The Balaban J connectivity index is 2.69. The molecule has 1 unspecified atom stereocenters. The van der Waals surface area contributed by atoms with Gasteiger partial charge in [-0.05, 0) is 19.8 Å². The Hall–Kier alpha value is -0.730. The van der Waals surface area contributed by atoms with Crippen LogP contribution in [0.1, 0.15) is 27.7 Å². The molecular weight excluding hydrogens is 150 g/mol. The fourth-order valence-electron chi connectivity index (χ4n) is 1.68. The number of hydrogen-bond donors (Lipinski definition) is 0. The Morgan fingerprint density at radius 3 is 2.17 bits per heavy atom. The lowest BCUT2D eigenvalue weighted by Crippen LogP contribution is -2.44. The zero-order valence-corrected chi connectivity index (χ0v) is 8.65. The number of hydrogen-bond acceptors (Lipinski definition) is 3. The number of nitrogens with zero attached hydrogens (tertiary/aromatic N) is 3. The maximum Gasteiger partial charge on any atom is 0.121 e. The van der Waals surface area contributed by atoms with Gasteiger partial charge in [0.2, 0.25) is 0 Å². The van der Waals surface area contributed by atoms with Crippen LogP contribution < -0.4 is 0 Å². The van der Waals surface area contributed by atoms with Crippen molar-refractivity contribution in [2.24, 2.45) is 11.0 Å². The van der Waals surface area contributed by atoms with Gasteiger partial charge in [-0.25, -0.2) is 0 Å². The second-order valence-corrected chi connectivity index (χ2v) is 4.03. The van der Waals surface area contributed by atoms with E-state index < -0.39 is 0 Å². The van der Waals surface area contributed by atoms with Gasteiger partial charge in [-0.2, -0.15) is 5.10 Å². The van der Waals surface area contributed by atoms with Gasteiger partial charge in [0.15, 0.2) is 0 Å². The SMILES string of the molecule is CC(C)C1N(C)C=NN1C(C)C. The van der Waals surface area contributed by atoms with Crippen LogP contribution in [0.25, 0.3) is 0 Å². The van der Waals surface area contributed by atoms with Crippen molar-refractivity contribution in [2.45, 2.75) is 39.9 Å². The monoisotopic (exact) mass is 169 g/mol. The van der Waals surface area contributed by atoms with Crippen LogP contribution in [0, 0.1) is 5.92 Å². The Labute approximate surface area is 75.0 Å². The minimum atomic E-state index is 0.435. The van der Waals surface area contributed by atoms with Crippen molar-refractivity contribution in [2.75, 3.05) is 7.05 Å². The molecule has 0 fully saturated rings. The third-order valence-corrected chi connectivity index (χ3v) is 2.18. The molecule has 0 spiro atoms. The van der Waals surface area contributed by atoms with Crippen LogP contribution in [0.4, 0.5) is 0 Å². The van der Waals surface area contributed by atoms with Crippen LogP contribution in [-0.2, 0) is 0 Å². The van der Waals surface area contributed by atoms with E-state index in [-0.39, 0.29) is 0 Å². The zero-order valence-electron chi connectivity index (χ0n) is 8.65. The van der Waals surface area contributed by atoms with Crippen LogP contribution in [0.2, 0.25) is 0 Å². The average molecular weight is 169 g/mol. The molecule has 0 N–H and O–H groups in total. The van der Waals surface area contributed by atoms with Crippen molar-refractivity contribution in [3.63, 3.8) is 0 Å². The molecule has 3 nitrogen and oxygen atoms in total. The highest BCUT2D eigenvalue weighted by molar-refractivity contribution is 5.56. The number of rotatable bonds is 2. The van der Waals surface area contributed by atoms with Crippen molar-refractivity contribution in [1.82, 2.24) is 9.91 Å². The summed E-state index contributed by atoms with van der Waals surface area (Å²) in [5.74, 6) is 0.611. The molecule has 1 aliphatic rings. The average Bonchev–Trinajstić information content (AvgIpc) is 2.30. The van der Waals surface area contributed by atoms with Gasteiger partial charge in [0.05, 0.1) is 0 Å². The molecule has 70 valence electrons. The third kappa shape index (κ3) is 1.54. The maximum absolute atomic E-state index is 4.35. The van der Waals surface area contributed by atoms with Gasteiger partial charge in [-0.1, -0.05) is 13.8 Å². The van der Waals surface area contributed by atoms with Crippen molar-refractivity contribution < 1.29 is 0 Å². The molecule has 0 aromatic heterocycles. The van der Waals surface area contributed by atoms with Gasteiger partial charge >= 0.3 is 0 Å². The highest BCUT2D eigenvalue weighted by Gasteiger charge is 2.29. The van der Waals surface area contributed by atoms with E-state index in [1.54, 1.807) is 0 Å². The van der Waals surface area contributed by atoms with E-state index in [4.69, 9.17) is 0 Å². The summed E-state index contributed by atoms with van der Waals surface area (Å²) in [4.78, 5) is 2.17. The van der Waals surface area contributed by atoms with Gasteiger partial charge in [-0.15, -0.1) is 0 Å². The number of hydrazone groups is 1. The summed E-state index contributed by atoms with van der Waals surface area (Å²) in [6.45, 7) is 8.80. The molecule has 12 heavy (non-hydrogen) atoms. The molecular formula is C9H19N3. The molecule has 0 aromatic carbocycles. The molecule has 0 saturated carbocycles. The Morgan fingerprint density at radius 1 is 1.25 bits per heavy atom. The standard InChI is InChI=1S/C9H19N3/c1-7(2)9-11(5)6-10-12(9)8(3)4/h6-9H,1-5H3. The minimum Gasteiger partial charge on any atom is -0.342 e. The molecule has 0 radical (unpaired) electrons. The topological polar surface area (TPSA) is 18.8 Å². The van der Waals surface area contributed by atoms with E-state index in [0.29, 0.717) is 18.1 Å². The predicted molar refractivity (Wildman–Crippen MR) is 51.9 cm³/mol. The molecule has 1 heterocycles. The molecule has 0 aliphatic carbocycles. The highest BCUT2D eigenvalue weighted by Crippen LogP contribution is 2.20. The molecule has 1 aliphatic heterocycles. The molecule has 1 atom stereocenters. The molecule has 1 rings (SSSR count). The van der Waals surface area contributed by atoms with Crippen molar-refractivity contribution in [3.8, 4) is 0 Å². The maximum atomic E-state index is 4.35. The van der Waals surface area contributed by atoms with Gasteiger partial charge in [0.1, 0.15) is 12.5 Å². The first-order valence-corrected chi connectivity index (χ1v) is 4.58. The van der Waals surface area contributed by atoms with E-state index in [0.717, 1.165) is 0 Å². The quantitative estimate of drug-likeness (QED) is 0.625. The Kier molecular flexibility index (Phi) is 2.60.